The molecular weight excluding hydrogens is 224 g/mol. The number of alkyl halides is 2. The first-order chi connectivity index (χ1) is 7.49. The highest BCUT2D eigenvalue weighted by Gasteiger charge is 2.25. The first-order valence-corrected chi connectivity index (χ1v) is 4.35. The van der Waals surface area contributed by atoms with Crippen LogP contribution in [0.1, 0.15) is 29.4 Å². The number of aromatic hydroxyl groups is 2. The smallest absolute Gasteiger partial charge is 0.345 e. The number of nitrogens with zero attached hydrogens (tertiary/aromatic N) is 1. The molecule has 2 N–H and O–H groups in total. The number of halogens is 2. The van der Waals surface area contributed by atoms with E-state index in [9.17, 15) is 23.8 Å². The molecule has 0 aliphatic heterocycles. The predicted octanol–water partition coefficient (Wildman–Crippen LogP) is 1.61. The standard InChI is InChI=1S/C9H9F2NO4/c1-2-16-9(15)5-4(13)3-12-6(7(5)14)8(10)11/h3,8,13-14H,2H2,1H3. The largest absolute Gasteiger partial charge is 0.505 e. The molecule has 0 aromatic carbocycles. The molecule has 0 saturated carbocycles. The van der Waals surface area contributed by atoms with Crippen molar-refractivity contribution in [3.8, 4) is 11.5 Å². The van der Waals surface area contributed by atoms with Gasteiger partial charge in [-0.1, -0.05) is 0 Å². The fourth-order valence-electron chi connectivity index (χ4n) is 1.07. The Labute approximate surface area is 89.3 Å². The lowest BCUT2D eigenvalue weighted by atomic mass is 10.2. The molecule has 16 heavy (non-hydrogen) atoms. The lowest BCUT2D eigenvalue weighted by Gasteiger charge is -2.09. The van der Waals surface area contributed by atoms with Crippen molar-refractivity contribution in [3.05, 3.63) is 17.5 Å². The molecule has 0 radical (unpaired) electrons. The maximum atomic E-state index is 12.3. The molecular formula is C9H9F2NO4. The number of esters is 1. The third-order valence-corrected chi connectivity index (χ3v) is 1.75. The van der Waals surface area contributed by atoms with Crippen molar-refractivity contribution in [3.63, 3.8) is 0 Å². The molecule has 5 nitrogen and oxygen atoms in total. The van der Waals surface area contributed by atoms with Crippen molar-refractivity contribution < 1.29 is 28.5 Å². The Morgan fingerprint density at radius 1 is 1.56 bits per heavy atom. The van der Waals surface area contributed by atoms with Crippen LogP contribution in [0.2, 0.25) is 0 Å². The minimum absolute atomic E-state index is 0.00987. The lowest BCUT2D eigenvalue weighted by Crippen LogP contribution is -2.07. The summed E-state index contributed by atoms with van der Waals surface area (Å²) in [6.07, 6.45) is -2.39. The molecule has 0 saturated heterocycles. The van der Waals surface area contributed by atoms with E-state index >= 15 is 0 Å². The Kier molecular flexibility index (Phi) is 3.60. The first kappa shape index (κ1) is 12.2. The first-order valence-electron chi connectivity index (χ1n) is 4.35. The van der Waals surface area contributed by atoms with E-state index in [-0.39, 0.29) is 6.61 Å². The van der Waals surface area contributed by atoms with E-state index in [0.717, 1.165) is 0 Å². The van der Waals surface area contributed by atoms with Crippen molar-refractivity contribution >= 4 is 5.97 Å². The van der Waals surface area contributed by atoms with Gasteiger partial charge in [0.15, 0.2) is 11.5 Å². The third-order valence-electron chi connectivity index (χ3n) is 1.75. The summed E-state index contributed by atoms with van der Waals surface area (Å²) in [6.45, 7) is 1.49. The van der Waals surface area contributed by atoms with Gasteiger partial charge in [-0.25, -0.2) is 18.6 Å². The summed E-state index contributed by atoms with van der Waals surface area (Å²) in [5.74, 6) is -2.85. The van der Waals surface area contributed by atoms with Gasteiger partial charge in [0.05, 0.1) is 12.8 Å². The Balaban J connectivity index is 3.26. The van der Waals surface area contributed by atoms with Crippen molar-refractivity contribution in [1.29, 1.82) is 0 Å². The Morgan fingerprint density at radius 2 is 2.19 bits per heavy atom. The van der Waals surface area contributed by atoms with Gasteiger partial charge in [-0.05, 0) is 6.92 Å². The predicted molar refractivity (Wildman–Crippen MR) is 48.5 cm³/mol. The number of ether oxygens (including phenoxy) is 1. The van der Waals surface area contributed by atoms with E-state index < -0.39 is 35.2 Å². The maximum absolute atomic E-state index is 12.3. The van der Waals surface area contributed by atoms with Gasteiger partial charge in [-0.2, -0.15) is 0 Å². The highest BCUT2D eigenvalue weighted by molar-refractivity contribution is 5.95. The van der Waals surface area contributed by atoms with E-state index in [2.05, 4.69) is 9.72 Å². The van der Waals surface area contributed by atoms with Gasteiger partial charge < -0.3 is 14.9 Å². The summed E-state index contributed by atoms with van der Waals surface area (Å²) in [6, 6.07) is 0. The zero-order valence-electron chi connectivity index (χ0n) is 8.28. The normalized spacial score (nSPS) is 10.5. The molecule has 0 amide bonds. The van der Waals surface area contributed by atoms with Crippen LogP contribution in [-0.4, -0.2) is 27.8 Å². The Hall–Kier alpha value is -1.92. The number of rotatable bonds is 3. The second-order valence-electron chi connectivity index (χ2n) is 2.77. The van der Waals surface area contributed by atoms with Crippen LogP contribution in [0.4, 0.5) is 8.78 Å². The topological polar surface area (TPSA) is 79.7 Å². The van der Waals surface area contributed by atoms with E-state index in [1.807, 2.05) is 0 Å². The van der Waals surface area contributed by atoms with Gasteiger partial charge in [-0.3, -0.25) is 0 Å². The molecule has 0 unspecified atom stereocenters. The van der Waals surface area contributed by atoms with E-state index in [4.69, 9.17) is 0 Å². The summed E-state index contributed by atoms with van der Waals surface area (Å²) in [4.78, 5) is 14.4. The van der Waals surface area contributed by atoms with Crippen molar-refractivity contribution in [1.82, 2.24) is 4.98 Å². The SMILES string of the molecule is CCOC(=O)c1c(O)cnc(C(F)F)c1O. The highest BCUT2D eigenvalue weighted by atomic mass is 19.3. The van der Waals surface area contributed by atoms with Crippen LogP contribution < -0.4 is 0 Å². The zero-order valence-corrected chi connectivity index (χ0v) is 8.28. The highest BCUT2D eigenvalue weighted by Crippen LogP contribution is 2.34. The lowest BCUT2D eigenvalue weighted by molar-refractivity contribution is 0.0518. The van der Waals surface area contributed by atoms with Gasteiger partial charge in [0, 0.05) is 0 Å². The van der Waals surface area contributed by atoms with E-state index in [1.165, 1.54) is 6.92 Å². The van der Waals surface area contributed by atoms with Crippen LogP contribution in [0, 0.1) is 0 Å². The van der Waals surface area contributed by atoms with Crippen LogP contribution in [0.25, 0.3) is 0 Å². The number of aromatic nitrogens is 1. The minimum atomic E-state index is -3.05. The summed E-state index contributed by atoms with van der Waals surface area (Å²) in [5, 5.41) is 18.6. The summed E-state index contributed by atoms with van der Waals surface area (Å²) < 4.78 is 29.2. The van der Waals surface area contributed by atoms with Gasteiger partial charge in [0.1, 0.15) is 11.3 Å². The van der Waals surface area contributed by atoms with Gasteiger partial charge in [-0.15, -0.1) is 0 Å². The molecule has 0 aliphatic carbocycles. The quantitative estimate of drug-likeness (QED) is 0.775. The molecule has 0 bridgehead atoms. The van der Waals surface area contributed by atoms with Crippen molar-refractivity contribution in [2.24, 2.45) is 0 Å². The zero-order chi connectivity index (χ0) is 12.3. The Bertz CT molecular complexity index is 409. The summed E-state index contributed by atoms with van der Waals surface area (Å²) in [7, 11) is 0. The molecule has 1 rings (SSSR count). The minimum Gasteiger partial charge on any atom is -0.505 e. The number of hydrogen-bond donors (Lipinski definition) is 2. The Morgan fingerprint density at radius 3 is 2.69 bits per heavy atom. The molecule has 0 spiro atoms. The molecule has 7 heteroatoms. The average Bonchev–Trinajstić information content (AvgIpc) is 2.17. The average molecular weight is 233 g/mol. The second kappa shape index (κ2) is 4.73. The van der Waals surface area contributed by atoms with Crippen LogP contribution in [0.5, 0.6) is 11.5 Å². The molecule has 0 atom stereocenters. The molecule has 1 aromatic heterocycles. The fraction of sp³-hybridized carbons (Fsp3) is 0.333. The van der Waals surface area contributed by atoms with Crippen LogP contribution in [0.3, 0.4) is 0 Å². The maximum Gasteiger partial charge on any atom is 0.345 e. The number of pyridine rings is 1. The summed E-state index contributed by atoms with van der Waals surface area (Å²) in [5.41, 5.74) is -1.67. The van der Waals surface area contributed by atoms with Gasteiger partial charge in [0.25, 0.3) is 6.43 Å². The van der Waals surface area contributed by atoms with Crippen molar-refractivity contribution in [2.75, 3.05) is 6.61 Å². The summed E-state index contributed by atoms with van der Waals surface area (Å²) >= 11 is 0. The molecule has 88 valence electrons. The van der Waals surface area contributed by atoms with Crippen LogP contribution in [0.15, 0.2) is 6.20 Å². The monoisotopic (exact) mass is 233 g/mol. The fourth-order valence-corrected chi connectivity index (χ4v) is 1.07. The van der Waals surface area contributed by atoms with Gasteiger partial charge >= 0.3 is 5.97 Å². The van der Waals surface area contributed by atoms with Crippen LogP contribution >= 0.6 is 0 Å². The molecule has 0 aliphatic rings. The number of carbonyl (C=O) groups excluding carboxylic acids is 1. The molecule has 0 fully saturated rings. The van der Waals surface area contributed by atoms with Crippen molar-refractivity contribution in [2.45, 2.75) is 13.3 Å². The molecule has 1 aromatic rings. The van der Waals surface area contributed by atoms with E-state index in [0.29, 0.717) is 6.20 Å². The van der Waals surface area contributed by atoms with Gasteiger partial charge in [0.2, 0.25) is 0 Å². The van der Waals surface area contributed by atoms with E-state index in [1.54, 1.807) is 0 Å². The third kappa shape index (κ3) is 2.18. The number of hydrogen-bond acceptors (Lipinski definition) is 5. The number of carbonyl (C=O) groups is 1. The second-order valence-corrected chi connectivity index (χ2v) is 2.77. The van der Waals surface area contributed by atoms with Crippen LogP contribution in [-0.2, 0) is 4.74 Å². The molecule has 1 heterocycles.